The van der Waals surface area contributed by atoms with Crippen LogP contribution >= 0.6 is 11.3 Å². The van der Waals surface area contributed by atoms with E-state index >= 15 is 0 Å². The van der Waals surface area contributed by atoms with Crippen LogP contribution in [0.25, 0.3) is 0 Å². The maximum absolute atomic E-state index is 12.8. The van der Waals surface area contributed by atoms with E-state index in [2.05, 4.69) is 21.7 Å². The van der Waals surface area contributed by atoms with E-state index in [0.29, 0.717) is 18.0 Å². The van der Waals surface area contributed by atoms with Crippen LogP contribution in [0.2, 0.25) is 0 Å². The molecule has 0 unspecified atom stereocenters. The van der Waals surface area contributed by atoms with Crippen molar-refractivity contribution in [3.05, 3.63) is 46.7 Å². The van der Waals surface area contributed by atoms with Gasteiger partial charge < -0.3 is 19.5 Å². The Hall–Kier alpha value is -2.09. The monoisotopic (exact) mass is 388 g/mol. The zero-order chi connectivity index (χ0) is 18.6. The highest BCUT2D eigenvalue weighted by Gasteiger charge is 2.34. The largest absolute Gasteiger partial charge is 0.482 e. The highest BCUT2D eigenvalue weighted by Crippen LogP contribution is 2.33. The number of nitrogens with one attached hydrogen (secondary N) is 1. The molecule has 144 valence electrons. The summed E-state index contributed by atoms with van der Waals surface area (Å²) in [5.41, 5.74) is 0. The summed E-state index contributed by atoms with van der Waals surface area (Å²) in [6.07, 6.45) is -1.00. The molecule has 0 bridgehead atoms. The number of para-hydroxylation sites is 2. The predicted octanol–water partition coefficient (Wildman–Crippen LogP) is 2.47. The molecule has 27 heavy (non-hydrogen) atoms. The van der Waals surface area contributed by atoms with Crippen molar-refractivity contribution >= 4 is 17.2 Å². The topological polar surface area (TPSA) is 60.0 Å². The van der Waals surface area contributed by atoms with Crippen LogP contribution in [0.3, 0.4) is 0 Å². The van der Waals surface area contributed by atoms with Gasteiger partial charge in [-0.1, -0.05) is 18.2 Å². The Morgan fingerprint density at radius 2 is 1.93 bits per heavy atom. The molecular weight excluding hydrogens is 364 g/mol. The molecule has 1 saturated heterocycles. The first-order valence-electron chi connectivity index (χ1n) is 9.27. The highest BCUT2D eigenvalue weighted by molar-refractivity contribution is 7.10. The number of hydrogen-bond acceptors (Lipinski definition) is 6. The van der Waals surface area contributed by atoms with Gasteiger partial charge in [0.15, 0.2) is 11.5 Å². The van der Waals surface area contributed by atoms with Crippen molar-refractivity contribution in [2.45, 2.75) is 25.2 Å². The van der Waals surface area contributed by atoms with Crippen molar-refractivity contribution in [2.24, 2.45) is 0 Å². The maximum atomic E-state index is 12.8. The Kier molecular flexibility index (Phi) is 5.61. The number of carbonyl (C=O) groups excluding carboxylic acids is 1. The lowest BCUT2D eigenvalue weighted by Crippen LogP contribution is -2.51. The minimum atomic E-state index is -0.659. The fourth-order valence-electron chi connectivity index (χ4n) is 3.48. The molecule has 0 spiro atoms. The first-order chi connectivity index (χ1) is 13.2. The van der Waals surface area contributed by atoms with Crippen LogP contribution in [-0.2, 0) is 9.53 Å². The number of ether oxygens (including phenoxy) is 3. The lowest BCUT2D eigenvalue weighted by atomic mass is 10.1. The van der Waals surface area contributed by atoms with E-state index in [0.717, 1.165) is 26.3 Å². The molecule has 2 aliphatic heterocycles. The normalized spacial score (nSPS) is 23.6. The van der Waals surface area contributed by atoms with Crippen LogP contribution in [-0.4, -0.2) is 55.9 Å². The third kappa shape index (κ3) is 4.10. The molecule has 0 radical (unpaired) electrons. The molecule has 2 aromatic rings. The molecule has 1 aromatic carbocycles. The summed E-state index contributed by atoms with van der Waals surface area (Å²) < 4.78 is 17.2. The van der Waals surface area contributed by atoms with Crippen LogP contribution < -0.4 is 14.8 Å². The van der Waals surface area contributed by atoms with Gasteiger partial charge in [-0.3, -0.25) is 9.69 Å². The molecule has 3 atom stereocenters. The van der Waals surface area contributed by atoms with Crippen molar-refractivity contribution in [1.29, 1.82) is 0 Å². The number of morpholine rings is 1. The molecule has 2 aliphatic rings. The van der Waals surface area contributed by atoms with Crippen LogP contribution in [0, 0.1) is 0 Å². The van der Waals surface area contributed by atoms with E-state index in [9.17, 15) is 4.79 Å². The van der Waals surface area contributed by atoms with Gasteiger partial charge in [0.1, 0.15) is 6.10 Å². The van der Waals surface area contributed by atoms with E-state index in [1.807, 2.05) is 37.3 Å². The Morgan fingerprint density at radius 1 is 1.19 bits per heavy atom. The number of benzene rings is 1. The lowest BCUT2D eigenvalue weighted by molar-refractivity contribution is -0.133. The zero-order valence-corrected chi connectivity index (χ0v) is 16.1. The van der Waals surface area contributed by atoms with Gasteiger partial charge in [-0.25, -0.2) is 0 Å². The minimum Gasteiger partial charge on any atom is -0.482 e. The number of rotatable bonds is 5. The Labute approximate surface area is 163 Å². The molecule has 1 N–H and O–H groups in total. The lowest BCUT2D eigenvalue weighted by Gasteiger charge is -2.35. The zero-order valence-electron chi connectivity index (χ0n) is 15.3. The molecule has 4 rings (SSSR count). The van der Waals surface area contributed by atoms with Crippen molar-refractivity contribution in [1.82, 2.24) is 10.2 Å². The van der Waals surface area contributed by atoms with Gasteiger partial charge >= 0.3 is 0 Å². The quantitative estimate of drug-likeness (QED) is 0.853. The van der Waals surface area contributed by atoms with E-state index in [-0.39, 0.29) is 18.1 Å². The van der Waals surface area contributed by atoms with E-state index in [4.69, 9.17) is 14.2 Å². The van der Waals surface area contributed by atoms with Crippen molar-refractivity contribution in [2.75, 3.05) is 32.8 Å². The Morgan fingerprint density at radius 3 is 2.63 bits per heavy atom. The molecule has 0 aliphatic carbocycles. The third-order valence-corrected chi connectivity index (χ3v) is 5.90. The molecule has 0 saturated carbocycles. The summed E-state index contributed by atoms with van der Waals surface area (Å²) in [6.45, 7) is 5.58. The minimum absolute atomic E-state index is 0.143. The first-order valence-corrected chi connectivity index (χ1v) is 10.2. The van der Waals surface area contributed by atoms with Gasteiger partial charge in [-0.2, -0.15) is 0 Å². The molecular formula is C20H24N2O4S. The third-order valence-electron chi connectivity index (χ3n) is 4.93. The van der Waals surface area contributed by atoms with Crippen LogP contribution in [0.4, 0.5) is 0 Å². The van der Waals surface area contributed by atoms with Gasteiger partial charge in [0.2, 0.25) is 6.10 Å². The van der Waals surface area contributed by atoms with Gasteiger partial charge in [-0.15, -0.1) is 11.3 Å². The fourth-order valence-corrected chi connectivity index (χ4v) is 4.34. The highest BCUT2D eigenvalue weighted by atomic mass is 32.1. The number of hydrogen-bond donors (Lipinski definition) is 1. The van der Waals surface area contributed by atoms with Crippen molar-refractivity contribution in [3.63, 3.8) is 0 Å². The number of carbonyl (C=O) groups is 1. The number of thiophene rings is 1. The molecule has 1 amide bonds. The fraction of sp³-hybridized carbons (Fsp3) is 0.450. The average molecular weight is 388 g/mol. The molecule has 6 nitrogen and oxygen atoms in total. The average Bonchev–Trinajstić information content (AvgIpc) is 3.23. The molecule has 3 heterocycles. The Balaban J connectivity index is 1.42. The maximum Gasteiger partial charge on any atom is 0.265 e. The summed E-state index contributed by atoms with van der Waals surface area (Å²) in [4.78, 5) is 16.4. The first kappa shape index (κ1) is 18.3. The SMILES string of the molecule is C[C@H]1Oc2ccccc2O[C@H]1C(=O)NC[C@@H](c1cccs1)N1CCOCC1. The van der Waals surface area contributed by atoms with Crippen LogP contribution in [0.5, 0.6) is 11.5 Å². The van der Waals surface area contributed by atoms with Gasteiger partial charge in [0.05, 0.1) is 19.3 Å². The van der Waals surface area contributed by atoms with Crippen LogP contribution in [0.1, 0.15) is 17.8 Å². The van der Waals surface area contributed by atoms with Gasteiger partial charge in [0, 0.05) is 24.5 Å². The van der Waals surface area contributed by atoms with Crippen LogP contribution in [0.15, 0.2) is 41.8 Å². The number of fused-ring (bicyclic) bond motifs is 1. The second-order valence-electron chi connectivity index (χ2n) is 6.73. The predicted molar refractivity (Wildman–Crippen MR) is 103 cm³/mol. The Bertz CT molecular complexity index is 761. The standard InChI is InChI=1S/C20H24N2O4S/c1-14-19(26-17-6-3-2-5-16(17)25-14)20(23)21-13-15(18-7-4-12-27-18)22-8-10-24-11-9-22/h2-7,12,14-15,19H,8-11,13H2,1H3,(H,21,23)/t14-,15+,19-/m1/s1. The van der Waals surface area contributed by atoms with Gasteiger partial charge in [-0.05, 0) is 30.5 Å². The second-order valence-corrected chi connectivity index (χ2v) is 7.71. The summed E-state index contributed by atoms with van der Waals surface area (Å²) in [7, 11) is 0. The molecule has 7 heteroatoms. The molecule has 1 fully saturated rings. The van der Waals surface area contributed by atoms with Crippen molar-refractivity contribution < 1.29 is 19.0 Å². The van der Waals surface area contributed by atoms with Gasteiger partial charge in [0.25, 0.3) is 5.91 Å². The van der Waals surface area contributed by atoms with E-state index in [1.54, 1.807) is 11.3 Å². The van der Waals surface area contributed by atoms with E-state index < -0.39 is 6.10 Å². The number of nitrogens with zero attached hydrogens (tertiary/aromatic N) is 1. The summed E-state index contributed by atoms with van der Waals surface area (Å²) >= 11 is 1.71. The van der Waals surface area contributed by atoms with E-state index in [1.165, 1.54) is 4.88 Å². The summed E-state index contributed by atoms with van der Waals surface area (Å²) in [6, 6.07) is 11.8. The summed E-state index contributed by atoms with van der Waals surface area (Å²) in [5.74, 6) is 1.14. The summed E-state index contributed by atoms with van der Waals surface area (Å²) in [5, 5.41) is 5.15. The number of amides is 1. The molecule has 1 aromatic heterocycles. The second kappa shape index (κ2) is 8.29. The van der Waals surface area contributed by atoms with Crippen molar-refractivity contribution in [3.8, 4) is 11.5 Å². The smallest absolute Gasteiger partial charge is 0.265 e.